The van der Waals surface area contributed by atoms with Crippen molar-refractivity contribution in [2.45, 2.75) is 32.2 Å². The standard InChI is InChI=1S/C18H19N3O3/c1-11-2-4-13(18(24)20-14-5-6-14)9-15(11)21-17(23)8-12-3-7-16(22)19-10-12/h2-4,7,9-10,14H,5-6,8H2,1H3,(H,19,22)(H,20,24)(H,21,23). The van der Waals surface area contributed by atoms with Crippen molar-refractivity contribution in [3.8, 4) is 0 Å². The molecule has 2 amide bonds. The number of hydrogen-bond donors (Lipinski definition) is 3. The fourth-order valence-electron chi connectivity index (χ4n) is 2.33. The van der Waals surface area contributed by atoms with Gasteiger partial charge in [0, 0.05) is 29.6 Å². The van der Waals surface area contributed by atoms with Crippen LogP contribution in [0.3, 0.4) is 0 Å². The third kappa shape index (κ3) is 4.10. The maximum Gasteiger partial charge on any atom is 0.251 e. The van der Waals surface area contributed by atoms with E-state index in [1.807, 2.05) is 13.0 Å². The Balaban J connectivity index is 1.68. The maximum atomic E-state index is 12.2. The Bertz CT molecular complexity index is 817. The number of carbonyl (C=O) groups excluding carboxylic acids is 2. The van der Waals surface area contributed by atoms with Crippen molar-refractivity contribution in [1.82, 2.24) is 10.3 Å². The molecule has 1 aromatic carbocycles. The van der Waals surface area contributed by atoms with Crippen LogP contribution in [0.1, 0.15) is 34.3 Å². The number of benzene rings is 1. The van der Waals surface area contributed by atoms with Crippen molar-refractivity contribution >= 4 is 17.5 Å². The van der Waals surface area contributed by atoms with E-state index in [1.165, 1.54) is 12.3 Å². The fourth-order valence-corrected chi connectivity index (χ4v) is 2.33. The number of nitrogens with one attached hydrogen (secondary N) is 3. The van der Waals surface area contributed by atoms with E-state index in [-0.39, 0.29) is 29.8 Å². The zero-order chi connectivity index (χ0) is 17.1. The summed E-state index contributed by atoms with van der Waals surface area (Å²) in [4.78, 5) is 37.9. The van der Waals surface area contributed by atoms with Crippen LogP contribution in [0.4, 0.5) is 5.69 Å². The van der Waals surface area contributed by atoms with Crippen LogP contribution in [-0.2, 0) is 11.2 Å². The lowest BCUT2D eigenvalue weighted by molar-refractivity contribution is -0.115. The van der Waals surface area contributed by atoms with Crippen LogP contribution in [0.5, 0.6) is 0 Å². The minimum absolute atomic E-state index is 0.117. The van der Waals surface area contributed by atoms with Crippen molar-refractivity contribution in [3.63, 3.8) is 0 Å². The average Bonchev–Trinajstić information content (AvgIpc) is 3.35. The summed E-state index contributed by atoms with van der Waals surface area (Å²) in [5.74, 6) is -0.321. The van der Waals surface area contributed by atoms with Crippen LogP contribution < -0.4 is 16.2 Å². The molecule has 0 aliphatic heterocycles. The van der Waals surface area contributed by atoms with E-state index in [0.717, 1.165) is 18.4 Å². The van der Waals surface area contributed by atoms with Crippen molar-refractivity contribution in [2.75, 3.05) is 5.32 Å². The van der Waals surface area contributed by atoms with Gasteiger partial charge in [-0.15, -0.1) is 0 Å². The second kappa shape index (κ2) is 6.70. The topological polar surface area (TPSA) is 91.1 Å². The van der Waals surface area contributed by atoms with Gasteiger partial charge in [0.05, 0.1) is 6.42 Å². The van der Waals surface area contributed by atoms with Gasteiger partial charge in [-0.25, -0.2) is 0 Å². The minimum Gasteiger partial charge on any atom is -0.349 e. The second-order valence-corrected chi connectivity index (χ2v) is 6.06. The molecule has 1 aliphatic carbocycles. The van der Waals surface area contributed by atoms with Gasteiger partial charge in [0.2, 0.25) is 11.5 Å². The van der Waals surface area contributed by atoms with E-state index in [4.69, 9.17) is 0 Å². The number of amides is 2. The predicted octanol–water partition coefficient (Wildman–Crippen LogP) is 1.76. The number of pyridine rings is 1. The van der Waals surface area contributed by atoms with Gasteiger partial charge in [0.1, 0.15) is 0 Å². The van der Waals surface area contributed by atoms with Gasteiger partial charge in [0.15, 0.2) is 0 Å². The molecule has 1 heterocycles. The van der Waals surface area contributed by atoms with E-state index in [0.29, 0.717) is 16.8 Å². The highest BCUT2D eigenvalue weighted by molar-refractivity contribution is 5.98. The molecule has 3 N–H and O–H groups in total. The molecule has 6 nitrogen and oxygen atoms in total. The number of aryl methyl sites for hydroxylation is 1. The summed E-state index contributed by atoms with van der Waals surface area (Å²) in [6.45, 7) is 1.87. The monoisotopic (exact) mass is 325 g/mol. The summed E-state index contributed by atoms with van der Waals surface area (Å²) in [7, 11) is 0. The van der Waals surface area contributed by atoms with Gasteiger partial charge in [-0.3, -0.25) is 14.4 Å². The molecule has 0 atom stereocenters. The van der Waals surface area contributed by atoms with Crippen LogP contribution in [0.2, 0.25) is 0 Å². The quantitative estimate of drug-likeness (QED) is 0.782. The number of aromatic nitrogens is 1. The zero-order valence-electron chi connectivity index (χ0n) is 13.4. The highest BCUT2D eigenvalue weighted by Crippen LogP contribution is 2.21. The molecule has 1 fully saturated rings. The Morgan fingerprint density at radius 2 is 2.00 bits per heavy atom. The Labute approximate surface area is 139 Å². The van der Waals surface area contributed by atoms with Crippen molar-refractivity contribution < 1.29 is 9.59 Å². The highest BCUT2D eigenvalue weighted by atomic mass is 16.2. The van der Waals surface area contributed by atoms with Crippen LogP contribution in [0.25, 0.3) is 0 Å². The average molecular weight is 325 g/mol. The molecule has 24 heavy (non-hydrogen) atoms. The maximum absolute atomic E-state index is 12.2. The number of hydrogen-bond acceptors (Lipinski definition) is 3. The van der Waals surface area contributed by atoms with Gasteiger partial charge >= 0.3 is 0 Å². The van der Waals surface area contributed by atoms with Gasteiger partial charge in [-0.2, -0.15) is 0 Å². The molecular weight excluding hydrogens is 306 g/mol. The number of aromatic amines is 1. The smallest absolute Gasteiger partial charge is 0.251 e. The van der Waals surface area contributed by atoms with Crippen LogP contribution in [-0.4, -0.2) is 22.8 Å². The largest absolute Gasteiger partial charge is 0.349 e. The summed E-state index contributed by atoms with van der Waals surface area (Å²) in [5.41, 5.74) is 2.55. The first-order chi connectivity index (χ1) is 11.5. The molecule has 3 rings (SSSR count). The second-order valence-electron chi connectivity index (χ2n) is 6.06. The zero-order valence-corrected chi connectivity index (χ0v) is 13.4. The summed E-state index contributed by atoms with van der Waals surface area (Å²) in [6, 6.07) is 8.55. The lowest BCUT2D eigenvalue weighted by Gasteiger charge is -2.11. The van der Waals surface area contributed by atoms with E-state index < -0.39 is 0 Å². The number of carbonyl (C=O) groups is 2. The van der Waals surface area contributed by atoms with E-state index >= 15 is 0 Å². The molecule has 1 saturated carbocycles. The molecule has 0 saturated heterocycles. The molecule has 124 valence electrons. The molecular formula is C18H19N3O3. The van der Waals surface area contributed by atoms with Gasteiger partial charge in [-0.05, 0) is 43.0 Å². The first kappa shape index (κ1) is 16.0. The molecule has 0 spiro atoms. The van der Waals surface area contributed by atoms with Gasteiger partial charge in [0.25, 0.3) is 5.91 Å². The molecule has 1 aliphatic rings. The van der Waals surface area contributed by atoms with Crippen molar-refractivity contribution in [3.05, 3.63) is 63.6 Å². The predicted molar refractivity (Wildman–Crippen MR) is 91.1 cm³/mol. The van der Waals surface area contributed by atoms with E-state index in [1.54, 1.807) is 18.2 Å². The first-order valence-electron chi connectivity index (χ1n) is 7.90. The third-order valence-corrected chi connectivity index (χ3v) is 3.90. The molecule has 0 radical (unpaired) electrons. The first-order valence-corrected chi connectivity index (χ1v) is 7.90. The Kier molecular flexibility index (Phi) is 4.46. The van der Waals surface area contributed by atoms with Crippen molar-refractivity contribution in [2.24, 2.45) is 0 Å². The molecule has 0 bridgehead atoms. The Morgan fingerprint density at radius 3 is 2.67 bits per heavy atom. The van der Waals surface area contributed by atoms with Gasteiger partial charge in [-0.1, -0.05) is 12.1 Å². The number of rotatable bonds is 5. The minimum atomic E-state index is -0.204. The Hall–Kier alpha value is -2.89. The summed E-state index contributed by atoms with van der Waals surface area (Å²) >= 11 is 0. The lowest BCUT2D eigenvalue weighted by Crippen LogP contribution is -2.25. The molecule has 2 aromatic rings. The summed E-state index contributed by atoms with van der Waals surface area (Å²) in [6.07, 6.45) is 3.73. The highest BCUT2D eigenvalue weighted by Gasteiger charge is 2.24. The normalized spacial score (nSPS) is 13.4. The lowest BCUT2D eigenvalue weighted by atomic mass is 10.1. The fraction of sp³-hybridized carbons (Fsp3) is 0.278. The van der Waals surface area contributed by atoms with Crippen LogP contribution in [0.15, 0.2) is 41.3 Å². The molecule has 0 unspecified atom stereocenters. The van der Waals surface area contributed by atoms with Crippen molar-refractivity contribution in [1.29, 1.82) is 0 Å². The van der Waals surface area contributed by atoms with Crippen LogP contribution >= 0.6 is 0 Å². The van der Waals surface area contributed by atoms with Crippen LogP contribution in [0, 0.1) is 6.92 Å². The van der Waals surface area contributed by atoms with E-state index in [9.17, 15) is 14.4 Å². The number of anilines is 1. The summed E-state index contributed by atoms with van der Waals surface area (Å²) < 4.78 is 0. The summed E-state index contributed by atoms with van der Waals surface area (Å²) in [5, 5.41) is 5.76. The number of H-pyrrole nitrogens is 1. The SMILES string of the molecule is Cc1ccc(C(=O)NC2CC2)cc1NC(=O)Cc1ccc(=O)[nH]c1. The molecule has 1 aromatic heterocycles. The molecule has 6 heteroatoms. The van der Waals surface area contributed by atoms with Gasteiger partial charge < -0.3 is 15.6 Å². The Morgan fingerprint density at radius 1 is 1.21 bits per heavy atom. The third-order valence-electron chi connectivity index (χ3n) is 3.90. The van der Waals surface area contributed by atoms with E-state index in [2.05, 4.69) is 15.6 Å².